The molecular formula is C17H16BrClN2O4. The lowest BCUT2D eigenvalue weighted by atomic mass is 10.2. The normalized spacial score (nSPS) is 10.6. The number of rotatable bonds is 6. The Balaban J connectivity index is 2.24. The van der Waals surface area contributed by atoms with Crippen LogP contribution < -0.4 is 19.6 Å². The number of hydrogen-bond acceptors (Lipinski definition) is 5. The van der Waals surface area contributed by atoms with Gasteiger partial charge in [-0.2, -0.15) is 5.10 Å². The molecule has 0 radical (unpaired) electrons. The fourth-order valence-corrected chi connectivity index (χ4v) is 2.85. The number of nitrogens with zero attached hydrogens (tertiary/aromatic N) is 1. The molecule has 0 fully saturated rings. The maximum atomic E-state index is 12.3. The van der Waals surface area contributed by atoms with E-state index in [-0.39, 0.29) is 5.56 Å². The van der Waals surface area contributed by atoms with E-state index in [4.69, 9.17) is 25.8 Å². The van der Waals surface area contributed by atoms with Crippen LogP contribution in [0, 0.1) is 0 Å². The summed E-state index contributed by atoms with van der Waals surface area (Å²) in [5.41, 5.74) is 3.35. The standard InChI is InChI=1S/C17H16BrClN2O4/c1-23-13-5-4-10(19)8-11(13)17(22)21-20-9-12-14(24-2)6-7-15(25-3)16(12)18/h4-9H,1-3H3,(H,21,22). The molecule has 1 amide bonds. The first-order valence-electron chi connectivity index (χ1n) is 7.09. The van der Waals surface area contributed by atoms with Gasteiger partial charge in [-0.25, -0.2) is 5.43 Å². The number of benzene rings is 2. The Morgan fingerprint density at radius 2 is 1.68 bits per heavy atom. The molecule has 0 saturated carbocycles. The average molecular weight is 428 g/mol. The highest BCUT2D eigenvalue weighted by Crippen LogP contribution is 2.33. The molecule has 2 aromatic rings. The summed E-state index contributed by atoms with van der Waals surface area (Å²) in [6.07, 6.45) is 1.46. The molecule has 0 aliphatic heterocycles. The van der Waals surface area contributed by atoms with Gasteiger partial charge in [-0.3, -0.25) is 4.79 Å². The third kappa shape index (κ3) is 4.43. The van der Waals surface area contributed by atoms with Crippen molar-refractivity contribution in [3.63, 3.8) is 0 Å². The fourth-order valence-electron chi connectivity index (χ4n) is 2.08. The van der Waals surface area contributed by atoms with Crippen LogP contribution in [0.2, 0.25) is 5.02 Å². The number of nitrogens with one attached hydrogen (secondary N) is 1. The SMILES string of the molecule is COc1ccc(Cl)cc1C(=O)NN=Cc1c(OC)ccc(OC)c1Br. The van der Waals surface area contributed by atoms with Crippen molar-refractivity contribution >= 4 is 39.7 Å². The Bertz CT molecular complexity index is 811. The summed E-state index contributed by atoms with van der Waals surface area (Å²) in [6.45, 7) is 0. The molecule has 0 aliphatic rings. The van der Waals surface area contributed by atoms with Gasteiger partial charge >= 0.3 is 0 Å². The topological polar surface area (TPSA) is 69.2 Å². The van der Waals surface area contributed by atoms with Crippen molar-refractivity contribution in [3.8, 4) is 17.2 Å². The van der Waals surface area contributed by atoms with Gasteiger partial charge in [-0.15, -0.1) is 0 Å². The summed E-state index contributed by atoms with van der Waals surface area (Å²) in [4.78, 5) is 12.3. The number of ether oxygens (including phenoxy) is 3. The van der Waals surface area contributed by atoms with Crippen LogP contribution in [-0.2, 0) is 0 Å². The van der Waals surface area contributed by atoms with Gasteiger partial charge in [-0.1, -0.05) is 11.6 Å². The van der Waals surface area contributed by atoms with Gasteiger partial charge in [-0.05, 0) is 46.3 Å². The van der Waals surface area contributed by atoms with E-state index in [9.17, 15) is 4.79 Å². The minimum Gasteiger partial charge on any atom is -0.496 e. The zero-order chi connectivity index (χ0) is 18.4. The molecule has 25 heavy (non-hydrogen) atoms. The van der Waals surface area contributed by atoms with Gasteiger partial charge in [0.2, 0.25) is 0 Å². The van der Waals surface area contributed by atoms with E-state index in [1.54, 1.807) is 38.5 Å². The molecule has 132 valence electrons. The summed E-state index contributed by atoms with van der Waals surface area (Å²) in [5, 5.41) is 4.40. The van der Waals surface area contributed by atoms with Crippen LogP contribution in [0.5, 0.6) is 17.2 Å². The summed E-state index contributed by atoms with van der Waals surface area (Å²) in [5.74, 6) is 1.14. The second-order valence-electron chi connectivity index (χ2n) is 4.74. The molecule has 0 spiro atoms. The second-order valence-corrected chi connectivity index (χ2v) is 5.97. The van der Waals surface area contributed by atoms with E-state index in [0.717, 1.165) is 0 Å². The van der Waals surface area contributed by atoms with E-state index < -0.39 is 5.91 Å². The smallest absolute Gasteiger partial charge is 0.275 e. The number of hydrazone groups is 1. The number of amides is 1. The third-order valence-corrected chi connectivity index (χ3v) is 4.36. The predicted molar refractivity (Wildman–Crippen MR) is 100 cm³/mol. The third-order valence-electron chi connectivity index (χ3n) is 3.31. The first kappa shape index (κ1) is 19.1. The van der Waals surface area contributed by atoms with Gasteiger partial charge < -0.3 is 14.2 Å². The van der Waals surface area contributed by atoms with Crippen molar-refractivity contribution < 1.29 is 19.0 Å². The van der Waals surface area contributed by atoms with E-state index in [1.165, 1.54) is 19.4 Å². The van der Waals surface area contributed by atoms with E-state index in [2.05, 4.69) is 26.5 Å². The Morgan fingerprint density at radius 1 is 1.08 bits per heavy atom. The maximum absolute atomic E-state index is 12.3. The zero-order valence-electron chi connectivity index (χ0n) is 13.8. The Hall–Kier alpha value is -2.25. The highest BCUT2D eigenvalue weighted by molar-refractivity contribution is 9.10. The summed E-state index contributed by atoms with van der Waals surface area (Å²) in [6, 6.07) is 8.26. The molecule has 0 atom stereocenters. The van der Waals surface area contributed by atoms with Crippen LogP contribution in [0.4, 0.5) is 0 Å². The van der Waals surface area contributed by atoms with Crippen molar-refractivity contribution in [1.29, 1.82) is 0 Å². The van der Waals surface area contributed by atoms with Crippen molar-refractivity contribution in [2.45, 2.75) is 0 Å². The average Bonchev–Trinajstić information content (AvgIpc) is 2.62. The maximum Gasteiger partial charge on any atom is 0.275 e. The van der Waals surface area contributed by atoms with Crippen molar-refractivity contribution in [2.24, 2.45) is 5.10 Å². The molecule has 0 aliphatic carbocycles. The highest BCUT2D eigenvalue weighted by Gasteiger charge is 2.13. The fraction of sp³-hybridized carbons (Fsp3) is 0.176. The monoisotopic (exact) mass is 426 g/mol. The number of halogens is 2. The van der Waals surface area contributed by atoms with Gasteiger partial charge in [0.15, 0.2) is 0 Å². The molecule has 0 unspecified atom stereocenters. The highest BCUT2D eigenvalue weighted by atomic mass is 79.9. The first-order chi connectivity index (χ1) is 12.0. The van der Waals surface area contributed by atoms with Crippen LogP contribution in [0.3, 0.4) is 0 Å². The predicted octanol–water partition coefficient (Wildman–Crippen LogP) is 3.89. The van der Waals surface area contributed by atoms with Crippen molar-refractivity contribution in [2.75, 3.05) is 21.3 Å². The second kappa shape index (κ2) is 8.73. The number of hydrogen-bond donors (Lipinski definition) is 1. The minimum absolute atomic E-state index is 0.281. The Kier molecular flexibility index (Phi) is 6.66. The molecule has 2 rings (SSSR count). The van der Waals surface area contributed by atoms with Crippen molar-refractivity contribution in [3.05, 3.63) is 51.0 Å². The molecule has 0 saturated heterocycles. The lowest BCUT2D eigenvalue weighted by Crippen LogP contribution is -2.18. The zero-order valence-corrected chi connectivity index (χ0v) is 16.1. The number of carbonyl (C=O) groups is 1. The molecule has 0 aromatic heterocycles. The summed E-state index contributed by atoms with van der Waals surface area (Å²) in [7, 11) is 4.57. The van der Waals surface area contributed by atoms with Crippen LogP contribution in [0.1, 0.15) is 15.9 Å². The van der Waals surface area contributed by atoms with E-state index in [1.807, 2.05) is 0 Å². The molecule has 0 heterocycles. The molecular weight excluding hydrogens is 412 g/mol. The van der Waals surface area contributed by atoms with Gasteiger partial charge in [0.25, 0.3) is 5.91 Å². The molecule has 2 aromatic carbocycles. The molecule has 0 bridgehead atoms. The lowest BCUT2D eigenvalue weighted by molar-refractivity contribution is 0.0952. The van der Waals surface area contributed by atoms with Gasteiger partial charge in [0.05, 0.1) is 43.1 Å². The largest absolute Gasteiger partial charge is 0.496 e. The van der Waals surface area contributed by atoms with Gasteiger partial charge in [0.1, 0.15) is 17.2 Å². The quantitative estimate of drug-likeness (QED) is 0.561. The summed E-state index contributed by atoms with van der Waals surface area (Å²) >= 11 is 9.36. The molecule has 6 nitrogen and oxygen atoms in total. The molecule has 1 N–H and O–H groups in total. The summed E-state index contributed by atoms with van der Waals surface area (Å²) < 4.78 is 16.4. The van der Waals surface area contributed by atoms with Gasteiger partial charge in [0, 0.05) is 5.02 Å². The number of carbonyl (C=O) groups excluding carboxylic acids is 1. The first-order valence-corrected chi connectivity index (χ1v) is 8.26. The van der Waals surface area contributed by atoms with E-state index >= 15 is 0 Å². The molecule has 8 heteroatoms. The Morgan fingerprint density at radius 3 is 2.32 bits per heavy atom. The van der Waals surface area contributed by atoms with Crippen LogP contribution in [-0.4, -0.2) is 33.5 Å². The lowest BCUT2D eigenvalue weighted by Gasteiger charge is -2.10. The van der Waals surface area contributed by atoms with Crippen molar-refractivity contribution in [1.82, 2.24) is 5.43 Å². The van der Waals surface area contributed by atoms with E-state index in [0.29, 0.717) is 32.3 Å². The van der Waals surface area contributed by atoms with Crippen LogP contribution in [0.25, 0.3) is 0 Å². The number of methoxy groups -OCH3 is 3. The minimum atomic E-state index is -0.450. The van der Waals surface area contributed by atoms with Crippen LogP contribution in [0.15, 0.2) is 39.9 Å². The van der Waals surface area contributed by atoms with Crippen LogP contribution >= 0.6 is 27.5 Å². The Labute approximate surface area is 158 Å².